The van der Waals surface area contributed by atoms with Crippen molar-refractivity contribution in [3.05, 3.63) is 33.9 Å². The molecule has 1 fully saturated rings. The number of hydrogen-bond donors (Lipinski definition) is 1. The van der Waals surface area contributed by atoms with Gasteiger partial charge >= 0.3 is 0 Å². The number of hydrogen-bond acceptors (Lipinski definition) is 5. The Morgan fingerprint density at radius 2 is 2.19 bits per heavy atom. The Hall–Kier alpha value is -1.66. The Morgan fingerprint density at radius 3 is 2.81 bits per heavy atom. The van der Waals surface area contributed by atoms with Crippen LogP contribution in [-0.4, -0.2) is 47.4 Å². The number of benzene rings is 1. The lowest BCUT2D eigenvalue weighted by Gasteiger charge is -2.30. The SMILES string of the molecule is CCC1CN(C)CCCN1Cc1ccc([N+](=O)[O-])c(N)c1. The summed E-state index contributed by atoms with van der Waals surface area (Å²) in [5, 5.41) is 10.8. The van der Waals surface area contributed by atoms with Crippen LogP contribution in [0.25, 0.3) is 0 Å². The van der Waals surface area contributed by atoms with Crippen LogP contribution in [0.15, 0.2) is 18.2 Å². The van der Waals surface area contributed by atoms with E-state index in [0.717, 1.165) is 44.6 Å². The Labute approximate surface area is 125 Å². The summed E-state index contributed by atoms with van der Waals surface area (Å²) in [6.45, 7) is 6.25. The minimum absolute atomic E-state index is 0.0126. The Balaban J connectivity index is 2.12. The average molecular weight is 292 g/mol. The molecule has 0 bridgehead atoms. The quantitative estimate of drug-likeness (QED) is 0.522. The van der Waals surface area contributed by atoms with Gasteiger partial charge in [0.05, 0.1) is 4.92 Å². The van der Waals surface area contributed by atoms with Crippen molar-refractivity contribution in [2.45, 2.75) is 32.4 Å². The molecule has 0 aromatic heterocycles. The van der Waals surface area contributed by atoms with Crippen molar-refractivity contribution in [2.75, 3.05) is 32.4 Å². The molecule has 1 aliphatic rings. The van der Waals surface area contributed by atoms with Crippen LogP contribution in [0.5, 0.6) is 0 Å². The molecule has 6 heteroatoms. The van der Waals surface area contributed by atoms with Gasteiger partial charge in [-0.3, -0.25) is 15.0 Å². The normalized spacial score (nSPS) is 21.1. The van der Waals surface area contributed by atoms with Gasteiger partial charge in [0.15, 0.2) is 0 Å². The maximum Gasteiger partial charge on any atom is 0.292 e. The van der Waals surface area contributed by atoms with E-state index in [1.807, 2.05) is 6.07 Å². The summed E-state index contributed by atoms with van der Waals surface area (Å²) < 4.78 is 0. The van der Waals surface area contributed by atoms with E-state index >= 15 is 0 Å². The van der Waals surface area contributed by atoms with Crippen molar-refractivity contribution in [1.29, 1.82) is 0 Å². The van der Waals surface area contributed by atoms with E-state index in [1.54, 1.807) is 6.07 Å². The van der Waals surface area contributed by atoms with Crippen LogP contribution in [0.2, 0.25) is 0 Å². The summed E-state index contributed by atoms with van der Waals surface area (Å²) in [4.78, 5) is 15.2. The second-order valence-corrected chi connectivity index (χ2v) is 5.80. The zero-order valence-electron chi connectivity index (χ0n) is 12.8. The van der Waals surface area contributed by atoms with Crippen molar-refractivity contribution in [3.8, 4) is 0 Å². The number of likely N-dealkylation sites (N-methyl/N-ethyl adjacent to an activating group) is 1. The maximum atomic E-state index is 10.8. The lowest BCUT2D eigenvalue weighted by Crippen LogP contribution is -2.39. The molecule has 0 amide bonds. The zero-order chi connectivity index (χ0) is 15.4. The summed E-state index contributed by atoms with van der Waals surface area (Å²) in [5.41, 5.74) is 7.06. The predicted molar refractivity (Wildman–Crippen MR) is 84.1 cm³/mol. The van der Waals surface area contributed by atoms with Gasteiger partial charge in [-0.2, -0.15) is 0 Å². The topological polar surface area (TPSA) is 75.6 Å². The summed E-state index contributed by atoms with van der Waals surface area (Å²) >= 11 is 0. The third kappa shape index (κ3) is 3.92. The van der Waals surface area contributed by atoms with Crippen LogP contribution in [0.1, 0.15) is 25.3 Å². The van der Waals surface area contributed by atoms with Gasteiger partial charge in [0, 0.05) is 31.7 Å². The molecule has 0 spiro atoms. The smallest absolute Gasteiger partial charge is 0.292 e. The van der Waals surface area contributed by atoms with Crippen molar-refractivity contribution in [2.24, 2.45) is 0 Å². The van der Waals surface area contributed by atoms with E-state index in [1.165, 1.54) is 6.07 Å². The van der Waals surface area contributed by atoms with Gasteiger partial charge in [0.25, 0.3) is 5.69 Å². The lowest BCUT2D eigenvalue weighted by atomic mass is 10.1. The van der Waals surface area contributed by atoms with Crippen molar-refractivity contribution < 1.29 is 4.92 Å². The van der Waals surface area contributed by atoms with E-state index in [-0.39, 0.29) is 11.4 Å². The molecular formula is C15H24N4O2. The van der Waals surface area contributed by atoms with E-state index in [9.17, 15) is 10.1 Å². The molecule has 0 aliphatic carbocycles. The summed E-state index contributed by atoms with van der Waals surface area (Å²) in [6.07, 6.45) is 2.25. The number of nitrogens with two attached hydrogens (primary N) is 1. The Morgan fingerprint density at radius 1 is 1.43 bits per heavy atom. The van der Waals surface area contributed by atoms with Gasteiger partial charge in [0.1, 0.15) is 5.69 Å². The number of anilines is 1. The molecule has 2 rings (SSSR count). The second-order valence-electron chi connectivity index (χ2n) is 5.80. The first-order valence-electron chi connectivity index (χ1n) is 7.46. The number of nitrogens with zero attached hydrogens (tertiary/aromatic N) is 3. The molecule has 21 heavy (non-hydrogen) atoms. The van der Waals surface area contributed by atoms with Gasteiger partial charge in [-0.15, -0.1) is 0 Å². The van der Waals surface area contributed by atoms with E-state index in [2.05, 4.69) is 23.8 Å². The molecule has 1 aliphatic heterocycles. The van der Waals surface area contributed by atoms with Gasteiger partial charge in [-0.05, 0) is 38.1 Å². The molecule has 1 saturated heterocycles. The third-order valence-corrected chi connectivity index (χ3v) is 4.17. The number of nitrogen functional groups attached to an aromatic ring is 1. The summed E-state index contributed by atoms with van der Waals surface area (Å²) in [5.74, 6) is 0. The first-order valence-corrected chi connectivity index (χ1v) is 7.46. The predicted octanol–water partition coefficient (Wildman–Crippen LogP) is 2.09. The highest BCUT2D eigenvalue weighted by Gasteiger charge is 2.22. The minimum atomic E-state index is -0.436. The maximum absolute atomic E-state index is 10.8. The van der Waals surface area contributed by atoms with E-state index in [0.29, 0.717) is 6.04 Å². The molecule has 1 unspecified atom stereocenters. The largest absolute Gasteiger partial charge is 0.393 e. The van der Waals surface area contributed by atoms with Gasteiger partial charge < -0.3 is 10.6 Å². The molecule has 0 saturated carbocycles. The first-order chi connectivity index (χ1) is 10.0. The zero-order valence-corrected chi connectivity index (χ0v) is 12.8. The second kappa shape index (κ2) is 6.87. The number of rotatable bonds is 4. The fraction of sp³-hybridized carbons (Fsp3) is 0.600. The summed E-state index contributed by atoms with van der Waals surface area (Å²) in [7, 11) is 2.16. The monoisotopic (exact) mass is 292 g/mol. The highest BCUT2D eigenvalue weighted by Crippen LogP contribution is 2.24. The molecular weight excluding hydrogens is 268 g/mol. The van der Waals surface area contributed by atoms with Crippen LogP contribution in [-0.2, 0) is 6.54 Å². The fourth-order valence-corrected chi connectivity index (χ4v) is 2.99. The Bertz CT molecular complexity index is 506. The Kier molecular flexibility index (Phi) is 5.14. The van der Waals surface area contributed by atoms with Gasteiger partial charge in [-0.1, -0.05) is 13.0 Å². The van der Waals surface area contributed by atoms with E-state index in [4.69, 9.17) is 5.73 Å². The van der Waals surface area contributed by atoms with Gasteiger partial charge in [-0.25, -0.2) is 0 Å². The molecule has 1 heterocycles. The molecule has 1 atom stereocenters. The molecule has 0 radical (unpaired) electrons. The standard InChI is InChI=1S/C15H24N4O2/c1-3-13-11-17(2)7-4-8-18(13)10-12-5-6-15(19(20)21)14(16)9-12/h5-6,9,13H,3-4,7-8,10-11,16H2,1-2H3. The summed E-state index contributed by atoms with van der Waals surface area (Å²) in [6, 6.07) is 5.58. The van der Waals surface area contributed by atoms with Crippen LogP contribution >= 0.6 is 0 Å². The van der Waals surface area contributed by atoms with Crippen LogP contribution in [0, 0.1) is 10.1 Å². The molecule has 6 nitrogen and oxygen atoms in total. The lowest BCUT2D eigenvalue weighted by molar-refractivity contribution is -0.383. The number of nitro benzene ring substituents is 1. The van der Waals surface area contributed by atoms with Crippen LogP contribution < -0.4 is 5.73 Å². The van der Waals surface area contributed by atoms with Crippen molar-refractivity contribution in [1.82, 2.24) is 9.80 Å². The molecule has 1 aromatic carbocycles. The first kappa shape index (κ1) is 15.7. The highest BCUT2D eigenvalue weighted by molar-refractivity contribution is 5.59. The third-order valence-electron chi connectivity index (χ3n) is 4.17. The van der Waals surface area contributed by atoms with Gasteiger partial charge in [0.2, 0.25) is 0 Å². The fourth-order valence-electron chi connectivity index (χ4n) is 2.99. The number of nitro groups is 1. The molecule has 2 N–H and O–H groups in total. The van der Waals surface area contributed by atoms with Crippen LogP contribution in [0.3, 0.4) is 0 Å². The van der Waals surface area contributed by atoms with Crippen molar-refractivity contribution >= 4 is 11.4 Å². The minimum Gasteiger partial charge on any atom is -0.393 e. The van der Waals surface area contributed by atoms with Crippen LogP contribution in [0.4, 0.5) is 11.4 Å². The molecule has 1 aromatic rings. The van der Waals surface area contributed by atoms with E-state index < -0.39 is 4.92 Å². The highest BCUT2D eigenvalue weighted by atomic mass is 16.6. The average Bonchev–Trinajstić information content (AvgIpc) is 2.60. The van der Waals surface area contributed by atoms with Crippen molar-refractivity contribution in [3.63, 3.8) is 0 Å². The molecule has 116 valence electrons.